The topological polar surface area (TPSA) is 157 Å². The molecule has 12 heteroatoms. The molecule has 0 saturated heterocycles. The summed E-state index contributed by atoms with van der Waals surface area (Å²) in [6.45, 7) is 1.92. The first-order chi connectivity index (χ1) is 12.3. The van der Waals surface area contributed by atoms with Gasteiger partial charge in [-0.2, -0.15) is 0 Å². The second kappa shape index (κ2) is 9.76. The number of nitro groups is 2. The van der Waals surface area contributed by atoms with Crippen LogP contribution in [0.5, 0.6) is 11.5 Å². The van der Waals surface area contributed by atoms with Crippen LogP contribution in [0.1, 0.15) is 13.8 Å². The summed E-state index contributed by atoms with van der Waals surface area (Å²) in [5, 5.41) is 22.3. The van der Waals surface area contributed by atoms with Gasteiger partial charge in [0.25, 0.3) is 0 Å². The highest BCUT2D eigenvalue weighted by molar-refractivity contribution is 5.72. The summed E-state index contributed by atoms with van der Waals surface area (Å²) in [7, 11) is 0. The molecule has 0 aliphatic heterocycles. The molecule has 0 fully saturated rings. The summed E-state index contributed by atoms with van der Waals surface area (Å²) in [4.78, 5) is 43.2. The van der Waals surface area contributed by atoms with Crippen LogP contribution in [0, 0.1) is 20.2 Å². The molecule has 1 rings (SSSR count). The zero-order valence-electron chi connectivity index (χ0n) is 14.0. The maximum absolute atomic E-state index is 11.3. The SMILES string of the molecule is CCOC(=O)COc1cc([N+](=O)[O-])c(OCC(=O)OCC)cc1[N+](=O)[O-]. The minimum absolute atomic E-state index is 0.0745. The van der Waals surface area contributed by atoms with Crippen LogP contribution in [-0.4, -0.2) is 48.2 Å². The van der Waals surface area contributed by atoms with E-state index in [1.165, 1.54) is 0 Å². The maximum Gasteiger partial charge on any atom is 0.344 e. The van der Waals surface area contributed by atoms with Crippen molar-refractivity contribution < 1.29 is 38.4 Å². The predicted octanol–water partition coefficient (Wildman–Crippen LogP) is 1.39. The molecular weight excluding hydrogens is 356 g/mol. The third-order valence-electron chi connectivity index (χ3n) is 2.74. The van der Waals surface area contributed by atoms with Gasteiger partial charge in [0.05, 0.1) is 35.2 Å². The third kappa shape index (κ3) is 5.89. The number of rotatable bonds is 10. The Kier molecular flexibility index (Phi) is 7.73. The Morgan fingerprint density at radius 2 is 1.19 bits per heavy atom. The van der Waals surface area contributed by atoms with Crippen molar-refractivity contribution in [2.75, 3.05) is 26.4 Å². The number of ether oxygens (including phenoxy) is 4. The number of nitro benzene ring substituents is 2. The number of benzene rings is 1. The fourth-order valence-corrected chi connectivity index (χ4v) is 1.73. The first-order valence-electron chi connectivity index (χ1n) is 7.33. The molecule has 0 heterocycles. The number of hydrogen-bond donors (Lipinski definition) is 0. The van der Waals surface area contributed by atoms with Crippen LogP contribution < -0.4 is 9.47 Å². The zero-order valence-corrected chi connectivity index (χ0v) is 14.0. The van der Waals surface area contributed by atoms with Gasteiger partial charge in [-0.05, 0) is 13.8 Å². The van der Waals surface area contributed by atoms with Crippen molar-refractivity contribution in [2.45, 2.75) is 13.8 Å². The molecular formula is C14H16N2O10. The zero-order chi connectivity index (χ0) is 19.7. The molecule has 12 nitrogen and oxygen atoms in total. The molecule has 0 aromatic heterocycles. The highest BCUT2D eigenvalue weighted by Gasteiger charge is 2.27. The van der Waals surface area contributed by atoms with Gasteiger partial charge in [-0.25, -0.2) is 9.59 Å². The quantitative estimate of drug-likeness (QED) is 0.334. The van der Waals surface area contributed by atoms with Gasteiger partial charge in [-0.15, -0.1) is 0 Å². The average Bonchev–Trinajstić information content (AvgIpc) is 2.58. The third-order valence-corrected chi connectivity index (χ3v) is 2.74. The number of esters is 2. The predicted molar refractivity (Wildman–Crippen MR) is 84.0 cm³/mol. The summed E-state index contributed by atoms with van der Waals surface area (Å²) in [6, 6.07) is 1.47. The normalized spacial score (nSPS) is 9.92. The van der Waals surface area contributed by atoms with Crippen LogP contribution in [0.2, 0.25) is 0 Å². The van der Waals surface area contributed by atoms with E-state index in [9.17, 15) is 29.8 Å². The lowest BCUT2D eigenvalue weighted by Crippen LogP contribution is -2.16. The Morgan fingerprint density at radius 3 is 1.46 bits per heavy atom. The fourth-order valence-electron chi connectivity index (χ4n) is 1.73. The van der Waals surface area contributed by atoms with Crippen molar-refractivity contribution in [2.24, 2.45) is 0 Å². The van der Waals surface area contributed by atoms with Crippen molar-refractivity contribution >= 4 is 23.3 Å². The van der Waals surface area contributed by atoms with Crippen molar-refractivity contribution in [3.8, 4) is 11.5 Å². The fraction of sp³-hybridized carbons (Fsp3) is 0.429. The van der Waals surface area contributed by atoms with Gasteiger partial charge in [0, 0.05) is 0 Å². The number of carbonyl (C=O) groups excluding carboxylic acids is 2. The van der Waals surface area contributed by atoms with E-state index in [1.807, 2.05) is 0 Å². The Bertz CT molecular complexity index is 643. The van der Waals surface area contributed by atoms with Crippen LogP contribution >= 0.6 is 0 Å². The van der Waals surface area contributed by atoms with Crippen molar-refractivity contribution in [1.29, 1.82) is 0 Å². The summed E-state index contributed by atoms with van der Waals surface area (Å²) in [5.41, 5.74) is -1.36. The number of nitrogens with zero attached hydrogens (tertiary/aromatic N) is 2. The lowest BCUT2D eigenvalue weighted by Gasteiger charge is -2.10. The molecule has 0 N–H and O–H groups in total. The minimum Gasteiger partial charge on any atom is -0.475 e. The summed E-state index contributed by atoms with van der Waals surface area (Å²) < 4.78 is 19.1. The summed E-state index contributed by atoms with van der Waals surface area (Å²) in [5.74, 6) is -2.63. The van der Waals surface area contributed by atoms with Crippen molar-refractivity contribution in [3.05, 3.63) is 32.4 Å². The van der Waals surface area contributed by atoms with Crippen molar-refractivity contribution in [1.82, 2.24) is 0 Å². The maximum atomic E-state index is 11.3. The van der Waals surface area contributed by atoms with E-state index in [1.54, 1.807) is 13.8 Å². The molecule has 0 unspecified atom stereocenters. The molecule has 0 amide bonds. The lowest BCUT2D eigenvalue weighted by molar-refractivity contribution is -0.390. The molecule has 0 bridgehead atoms. The van der Waals surface area contributed by atoms with Crippen LogP contribution in [0.25, 0.3) is 0 Å². The average molecular weight is 372 g/mol. The van der Waals surface area contributed by atoms with Gasteiger partial charge in [-0.1, -0.05) is 0 Å². The lowest BCUT2D eigenvalue weighted by atomic mass is 10.2. The second-order valence-corrected chi connectivity index (χ2v) is 4.49. The molecule has 0 saturated carbocycles. The monoisotopic (exact) mass is 372 g/mol. The van der Waals surface area contributed by atoms with E-state index in [0.717, 1.165) is 12.1 Å². The van der Waals surface area contributed by atoms with Gasteiger partial charge < -0.3 is 18.9 Å². The molecule has 0 aliphatic rings. The van der Waals surface area contributed by atoms with Gasteiger partial charge in [0.1, 0.15) is 0 Å². The minimum atomic E-state index is -0.874. The van der Waals surface area contributed by atoms with Crippen LogP contribution in [0.4, 0.5) is 11.4 Å². The second-order valence-electron chi connectivity index (χ2n) is 4.49. The molecule has 0 atom stereocenters. The van der Waals surface area contributed by atoms with Crippen LogP contribution in [0.15, 0.2) is 12.1 Å². The molecule has 0 aliphatic carbocycles. The molecule has 0 spiro atoms. The van der Waals surface area contributed by atoms with E-state index >= 15 is 0 Å². The largest absolute Gasteiger partial charge is 0.475 e. The standard InChI is InChI=1S/C14H16N2O10/c1-3-23-13(17)7-25-11-5-10(16(21)22)12(6-9(11)15(19)20)26-8-14(18)24-4-2/h5-6H,3-4,7-8H2,1-2H3. The highest BCUT2D eigenvalue weighted by atomic mass is 16.6. The van der Waals surface area contributed by atoms with Gasteiger partial charge >= 0.3 is 23.3 Å². The molecule has 1 aromatic rings. The smallest absolute Gasteiger partial charge is 0.344 e. The van der Waals surface area contributed by atoms with Gasteiger partial charge in [-0.3, -0.25) is 20.2 Å². The number of hydrogen-bond acceptors (Lipinski definition) is 10. The van der Waals surface area contributed by atoms with E-state index in [2.05, 4.69) is 9.47 Å². The van der Waals surface area contributed by atoms with Gasteiger partial charge in [0.2, 0.25) is 11.5 Å². The van der Waals surface area contributed by atoms with E-state index < -0.39 is 57.9 Å². The summed E-state index contributed by atoms with van der Waals surface area (Å²) in [6.07, 6.45) is 0. The first-order valence-corrected chi connectivity index (χ1v) is 7.33. The van der Waals surface area contributed by atoms with E-state index in [-0.39, 0.29) is 13.2 Å². The van der Waals surface area contributed by atoms with E-state index in [0.29, 0.717) is 0 Å². The molecule has 0 radical (unpaired) electrons. The summed E-state index contributed by atoms with van der Waals surface area (Å²) >= 11 is 0. The van der Waals surface area contributed by atoms with Crippen LogP contribution in [0.3, 0.4) is 0 Å². The molecule has 26 heavy (non-hydrogen) atoms. The molecule has 142 valence electrons. The Hall–Kier alpha value is -3.44. The number of carbonyl (C=O) groups is 2. The van der Waals surface area contributed by atoms with Gasteiger partial charge in [0.15, 0.2) is 13.2 Å². The van der Waals surface area contributed by atoms with Crippen LogP contribution in [-0.2, 0) is 19.1 Å². The Labute approximate surface area is 146 Å². The van der Waals surface area contributed by atoms with E-state index in [4.69, 9.17) is 9.47 Å². The molecule has 1 aromatic carbocycles. The van der Waals surface area contributed by atoms with Crippen molar-refractivity contribution in [3.63, 3.8) is 0 Å². The Morgan fingerprint density at radius 1 is 0.846 bits per heavy atom. The first kappa shape index (κ1) is 20.6. The highest BCUT2D eigenvalue weighted by Crippen LogP contribution is 2.39. The Balaban J connectivity index is 3.13.